The third kappa shape index (κ3) is 3.67. The molecule has 3 heteroatoms. The van der Waals surface area contributed by atoms with E-state index >= 15 is 0 Å². The van der Waals surface area contributed by atoms with Gasteiger partial charge in [-0.25, -0.2) is 4.98 Å². The summed E-state index contributed by atoms with van der Waals surface area (Å²) in [7, 11) is 2.12. The van der Waals surface area contributed by atoms with Gasteiger partial charge in [-0.3, -0.25) is 0 Å². The van der Waals surface area contributed by atoms with Gasteiger partial charge >= 0.3 is 0 Å². The normalized spacial score (nSPS) is 12.3. The molecular formula is C16H23N3. The summed E-state index contributed by atoms with van der Waals surface area (Å²) in [6, 6.07) is 10.2. The number of pyridine rings is 1. The smallest absolute Gasteiger partial charge is 0.128 e. The average molecular weight is 257 g/mol. The van der Waals surface area contributed by atoms with Gasteiger partial charge in [0.05, 0.1) is 5.52 Å². The quantitative estimate of drug-likeness (QED) is 0.917. The van der Waals surface area contributed by atoms with Crippen molar-refractivity contribution in [1.82, 2.24) is 9.88 Å². The molecule has 1 aromatic carbocycles. The Hall–Kier alpha value is -1.61. The predicted octanol–water partition coefficient (Wildman–Crippen LogP) is 3.29. The van der Waals surface area contributed by atoms with E-state index in [9.17, 15) is 0 Å². The Bertz CT molecular complexity index is 570. The number of nitrogens with two attached hydrogens (primary N) is 1. The van der Waals surface area contributed by atoms with Crippen LogP contribution in [0.4, 0.5) is 5.82 Å². The number of nitrogen functional groups attached to an aromatic ring is 1. The first-order valence-corrected chi connectivity index (χ1v) is 6.68. The Morgan fingerprint density at radius 2 is 1.89 bits per heavy atom. The van der Waals surface area contributed by atoms with Crippen LogP contribution in [0.2, 0.25) is 0 Å². The number of rotatable bonds is 3. The SMILES string of the molecule is CN(Cc1cc2ccccc2nc1N)CC(C)(C)C. The van der Waals surface area contributed by atoms with Gasteiger partial charge in [-0.15, -0.1) is 0 Å². The molecule has 102 valence electrons. The van der Waals surface area contributed by atoms with Gasteiger partial charge in [0.15, 0.2) is 0 Å². The van der Waals surface area contributed by atoms with Crippen molar-refractivity contribution in [3.63, 3.8) is 0 Å². The molecule has 0 bridgehead atoms. The largest absolute Gasteiger partial charge is 0.383 e. The zero-order valence-electron chi connectivity index (χ0n) is 12.3. The van der Waals surface area contributed by atoms with Crippen LogP contribution in [-0.2, 0) is 6.54 Å². The Balaban J connectivity index is 2.23. The van der Waals surface area contributed by atoms with Crippen LogP contribution in [0.3, 0.4) is 0 Å². The molecule has 0 amide bonds. The minimum Gasteiger partial charge on any atom is -0.383 e. The zero-order valence-corrected chi connectivity index (χ0v) is 12.3. The van der Waals surface area contributed by atoms with Crippen LogP contribution in [-0.4, -0.2) is 23.5 Å². The summed E-state index contributed by atoms with van der Waals surface area (Å²) in [5, 5.41) is 1.15. The van der Waals surface area contributed by atoms with Crippen LogP contribution in [0.1, 0.15) is 26.3 Å². The van der Waals surface area contributed by atoms with E-state index in [1.165, 1.54) is 0 Å². The summed E-state index contributed by atoms with van der Waals surface area (Å²) < 4.78 is 0. The molecule has 0 unspecified atom stereocenters. The van der Waals surface area contributed by atoms with E-state index in [0.717, 1.165) is 29.6 Å². The third-order valence-electron chi connectivity index (χ3n) is 3.02. The molecule has 0 saturated heterocycles. The molecule has 19 heavy (non-hydrogen) atoms. The number of anilines is 1. The van der Waals surface area contributed by atoms with Gasteiger partial charge in [0, 0.05) is 24.0 Å². The maximum Gasteiger partial charge on any atom is 0.128 e. The summed E-state index contributed by atoms with van der Waals surface area (Å²) in [5.41, 5.74) is 8.41. The van der Waals surface area contributed by atoms with Crippen molar-refractivity contribution < 1.29 is 0 Å². The van der Waals surface area contributed by atoms with Crippen molar-refractivity contribution in [3.8, 4) is 0 Å². The molecule has 0 radical (unpaired) electrons. The summed E-state index contributed by atoms with van der Waals surface area (Å²) >= 11 is 0. The molecule has 2 aromatic rings. The molecule has 2 N–H and O–H groups in total. The first-order chi connectivity index (χ1) is 8.85. The molecule has 0 aliphatic rings. The predicted molar refractivity (Wildman–Crippen MR) is 81.9 cm³/mol. The first kappa shape index (κ1) is 13.8. The summed E-state index contributed by atoms with van der Waals surface area (Å²) in [6.07, 6.45) is 0. The van der Waals surface area contributed by atoms with Gasteiger partial charge in [-0.1, -0.05) is 39.0 Å². The van der Waals surface area contributed by atoms with Crippen molar-refractivity contribution in [2.24, 2.45) is 5.41 Å². The van der Waals surface area contributed by atoms with Gasteiger partial charge in [0.25, 0.3) is 0 Å². The van der Waals surface area contributed by atoms with E-state index in [4.69, 9.17) is 5.73 Å². The average Bonchev–Trinajstić information content (AvgIpc) is 2.27. The lowest BCUT2D eigenvalue weighted by Gasteiger charge is -2.26. The number of para-hydroxylation sites is 1. The van der Waals surface area contributed by atoms with Crippen LogP contribution in [0.25, 0.3) is 10.9 Å². The first-order valence-electron chi connectivity index (χ1n) is 6.68. The van der Waals surface area contributed by atoms with Gasteiger partial charge < -0.3 is 10.6 Å². The fraction of sp³-hybridized carbons (Fsp3) is 0.438. The second-order valence-corrected chi connectivity index (χ2v) is 6.46. The molecule has 0 aliphatic carbocycles. The highest BCUT2D eigenvalue weighted by Gasteiger charge is 2.15. The number of benzene rings is 1. The highest BCUT2D eigenvalue weighted by Crippen LogP contribution is 2.21. The lowest BCUT2D eigenvalue weighted by atomic mass is 9.96. The molecule has 2 rings (SSSR count). The highest BCUT2D eigenvalue weighted by molar-refractivity contribution is 5.81. The van der Waals surface area contributed by atoms with E-state index in [-0.39, 0.29) is 5.41 Å². The topological polar surface area (TPSA) is 42.2 Å². The Morgan fingerprint density at radius 3 is 2.58 bits per heavy atom. The minimum atomic E-state index is 0.286. The standard InChI is InChI=1S/C16H23N3/c1-16(2,3)11-19(4)10-13-9-12-7-5-6-8-14(12)18-15(13)17/h5-9H,10-11H2,1-4H3,(H2,17,18). The van der Waals surface area contributed by atoms with Crippen molar-refractivity contribution in [2.75, 3.05) is 19.3 Å². The maximum atomic E-state index is 6.06. The summed E-state index contributed by atoms with van der Waals surface area (Å²) in [4.78, 5) is 6.77. The van der Waals surface area contributed by atoms with Crippen molar-refractivity contribution in [2.45, 2.75) is 27.3 Å². The Morgan fingerprint density at radius 1 is 1.21 bits per heavy atom. The van der Waals surface area contributed by atoms with E-state index in [2.05, 4.69) is 49.8 Å². The number of nitrogens with zero attached hydrogens (tertiary/aromatic N) is 2. The van der Waals surface area contributed by atoms with Crippen molar-refractivity contribution >= 4 is 16.7 Å². The molecule has 0 aliphatic heterocycles. The molecule has 0 spiro atoms. The molecular weight excluding hydrogens is 234 g/mol. The van der Waals surface area contributed by atoms with Gasteiger partial charge in [-0.05, 0) is 24.6 Å². The molecule has 0 saturated carbocycles. The molecule has 1 aromatic heterocycles. The van der Waals surface area contributed by atoms with Crippen molar-refractivity contribution in [3.05, 3.63) is 35.9 Å². The highest BCUT2D eigenvalue weighted by atomic mass is 15.1. The lowest BCUT2D eigenvalue weighted by molar-refractivity contribution is 0.221. The number of aromatic nitrogens is 1. The van der Waals surface area contributed by atoms with Crippen molar-refractivity contribution in [1.29, 1.82) is 0 Å². The van der Waals surface area contributed by atoms with Crippen LogP contribution in [0, 0.1) is 5.41 Å². The van der Waals surface area contributed by atoms with Gasteiger partial charge in [0.2, 0.25) is 0 Å². The second kappa shape index (κ2) is 5.17. The molecule has 3 nitrogen and oxygen atoms in total. The van der Waals surface area contributed by atoms with E-state index in [0.29, 0.717) is 5.82 Å². The van der Waals surface area contributed by atoms with Crippen LogP contribution in [0.15, 0.2) is 30.3 Å². The number of fused-ring (bicyclic) bond motifs is 1. The van der Waals surface area contributed by atoms with E-state index < -0.39 is 0 Å². The third-order valence-corrected chi connectivity index (χ3v) is 3.02. The molecule has 0 atom stereocenters. The fourth-order valence-electron chi connectivity index (χ4n) is 2.46. The monoisotopic (exact) mass is 257 g/mol. The Labute approximate surface area is 115 Å². The van der Waals surface area contributed by atoms with E-state index in [1.54, 1.807) is 0 Å². The molecule has 1 heterocycles. The zero-order chi connectivity index (χ0) is 14.0. The fourth-order valence-corrected chi connectivity index (χ4v) is 2.46. The maximum absolute atomic E-state index is 6.06. The van der Waals surface area contributed by atoms with Gasteiger partial charge in [-0.2, -0.15) is 0 Å². The minimum absolute atomic E-state index is 0.286. The van der Waals surface area contributed by atoms with Crippen LogP contribution in [0.5, 0.6) is 0 Å². The summed E-state index contributed by atoms with van der Waals surface area (Å²) in [5.74, 6) is 0.638. The van der Waals surface area contributed by atoms with Crippen LogP contribution < -0.4 is 5.73 Å². The lowest BCUT2D eigenvalue weighted by Crippen LogP contribution is -2.29. The summed E-state index contributed by atoms with van der Waals surface area (Å²) in [6.45, 7) is 8.59. The number of hydrogen-bond acceptors (Lipinski definition) is 3. The second-order valence-electron chi connectivity index (χ2n) is 6.46. The van der Waals surface area contributed by atoms with Crippen LogP contribution >= 0.6 is 0 Å². The molecule has 0 fully saturated rings. The van der Waals surface area contributed by atoms with E-state index in [1.807, 2.05) is 18.2 Å². The number of hydrogen-bond donors (Lipinski definition) is 1. The van der Waals surface area contributed by atoms with Gasteiger partial charge in [0.1, 0.15) is 5.82 Å². The Kier molecular flexibility index (Phi) is 3.76.